The molecule has 6 heteroatoms. The van der Waals surface area contributed by atoms with Crippen molar-refractivity contribution in [2.45, 2.75) is 13.3 Å². The van der Waals surface area contributed by atoms with E-state index < -0.39 is 0 Å². The van der Waals surface area contributed by atoms with E-state index >= 15 is 0 Å². The van der Waals surface area contributed by atoms with Crippen LogP contribution >= 0.6 is 0 Å². The number of nitrogens with zero attached hydrogens (tertiary/aromatic N) is 2. The van der Waals surface area contributed by atoms with Crippen LogP contribution in [-0.4, -0.2) is 54.0 Å². The second-order valence-corrected chi connectivity index (χ2v) is 6.18. The molecule has 0 unspecified atom stereocenters. The summed E-state index contributed by atoms with van der Waals surface area (Å²) in [5, 5.41) is 9.62. The number of aryl methyl sites for hydroxylation is 1. The standard InChI is InChI=1S/C19H24N2O4/c1-15-13-18(22)19(23)14-21(15)16-3-5-17(6-4-16)25-10-2-7-20-8-11-24-12-9-20/h3-6,13-14,23H,2,7-12H2,1H3. The number of ether oxygens (including phenoxy) is 2. The molecule has 1 N–H and O–H groups in total. The van der Waals surface area contributed by atoms with Gasteiger partial charge in [-0.2, -0.15) is 0 Å². The average Bonchev–Trinajstić information content (AvgIpc) is 2.63. The third kappa shape index (κ3) is 4.61. The van der Waals surface area contributed by atoms with Crippen molar-refractivity contribution in [2.24, 2.45) is 0 Å². The summed E-state index contributed by atoms with van der Waals surface area (Å²) >= 11 is 0. The van der Waals surface area contributed by atoms with E-state index in [2.05, 4.69) is 4.90 Å². The second-order valence-electron chi connectivity index (χ2n) is 6.18. The lowest BCUT2D eigenvalue weighted by molar-refractivity contribution is 0.0358. The molecule has 1 aromatic carbocycles. The number of morpholine rings is 1. The smallest absolute Gasteiger partial charge is 0.223 e. The van der Waals surface area contributed by atoms with Gasteiger partial charge in [0.2, 0.25) is 5.43 Å². The molecule has 1 aromatic heterocycles. The van der Waals surface area contributed by atoms with Crippen LogP contribution in [0.5, 0.6) is 11.5 Å². The minimum Gasteiger partial charge on any atom is -0.503 e. The number of pyridine rings is 1. The van der Waals surface area contributed by atoms with Crippen molar-refractivity contribution in [2.75, 3.05) is 39.5 Å². The quantitative estimate of drug-likeness (QED) is 0.812. The van der Waals surface area contributed by atoms with Crippen molar-refractivity contribution in [1.82, 2.24) is 9.47 Å². The second kappa shape index (κ2) is 8.18. The highest BCUT2D eigenvalue weighted by Gasteiger charge is 2.09. The van der Waals surface area contributed by atoms with Crippen LogP contribution in [0.3, 0.4) is 0 Å². The maximum Gasteiger partial charge on any atom is 0.223 e. The summed E-state index contributed by atoms with van der Waals surface area (Å²) < 4.78 is 12.9. The number of aromatic hydroxyl groups is 1. The Bertz CT molecular complexity index is 749. The molecular weight excluding hydrogens is 320 g/mol. The number of hydrogen-bond donors (Lipinski definition) is 1. The third-order valence-electron chi connectivity index (χ3n) is 4.33. The molecule has 0 spiro atoms. The van der Waals surface area contributed by atoms with Gasteiger partial charge in [0.1, 0.15) is 5.75 Å². The molecule has 0 amide bonds. The van der Waals surface area contributed by atoms with Crippen LogP contribution in [0.25, 0.3) is 5.69 Å². The monoisotopic (exact) mass is 344 g/mol. The van der Waals surface area contributed by atoms with E-state index in [1.807, 2.05) is 31.2 Å². The van der Waals surface area contributed by atoms with Crippen molar-refractivity contribution < 1.29 is 14.6 Å². The molecule has 1 aliphatic rings. The molecule has 1 fully saturated rings. The SMILES string of the molecule is Cc1cc(=O)c(O)cn1-c1ccc(OCCCN2CCOCC2)cc1. The maximum absolute atomic E-state index is 11.4. The van der Waals surface area contributed by atoms with E-state index in [4.69, 9.17) is 9.47 Å². The van der Waals surface area contributed by atoms with Gasteiger partial charge >= 0.3 is 0 Å². The first kappa shape index (κ1) is 17.5. The lowest BCUT2D eigenvalue weighted by atomic mass is 10.2. The lowest BCUT2D eigenvalue weighted by Crippen LogP contribution is -2.37. The average molecular weight is 344 g/mol. The fourth-order valence-corrected chi connectivity index (χ4v) is 2.91. The lowest BCUT2D eigenvalue weighted by Gasteiger charge is -2.26. The predicted molar refractivity (Wildman–Crippen MR) is 95.8 cm³/mol. The number of rotatable bonds is 6. The normalized spacial score (nSPS) is 15.2. The fraction of sp³-hybridized carbons (Fsp3) is 0.421. The van der Waals surface area contributed by atoms with Gasteiger partial charge in [0.05, 0.1) is 26.0 Å². The minimum atomic E-state index is -0.367. The number of benzene rings is 1. The van der Waals surface area contributed by atoms with E-state index in [0.717, 1.165) is 56.4 Å². The van der Waals surface area contributed by atoms with Crippen LogP contribution in [0.15, 0.2) is 41.3 Å². The molecule has 25 heavy (non-hydrogen) atoms. The molecular formula is C19H24N2O4. The fourth-order valence-electron chi connectivity index (χ4n) is 2.91. The van der Waals surface area contributed by atoms with Crippen molar-refractivity contribution in [3.8, 4) is 17.2 Å². The Kier molecular flexibility index (Phi) is 5.73. The summed E-state index contributed by atoms with van der Waals surface area (Å²) in [6.07, 6.45) is 2.42. The molecule has 0 radical (unpaired) electrons. The van der Waals surface area contributed by atoms with Crippen LogP contribution in [0.2, 0.25) is 0 Å². The molecule has 2 heterocycles. The van der Waals surface area contributed by atoms with Gasteiger partial charge in [-0.3, -0.25) is 9.69 Å². The van der Waals surface area contributed by atoms with Crippen LogP contribution in [0.4, 0.5) is 0 Å². The first-order chi connectivity index (χ1) is 12.1. The van der Waals surface area contributed by atoms with Crippen LogP contribution in [0.1, 0.15) is 12.1 Å². The van der Waals surface area contributed by atoms with Gasteiger partial charge in [0, 0.05) is 37.1 Å². The Morgan fingerprint density at radius 2 is 1.92 bits per heavy atom. The highest BCUT2D eigenvalue weighted by Crippen LogP contribution is 2.18. The number of hydrogen-bond acceptors (Lipinski definition) is 5. The van der Waals surface area contributed by atoms with Crippen LogP contribution < -0.4 is 10.2 Å². The Labute approximate surface area is 147 Å². The summed E-state index contributed by atoms with van der Waals surface area (Å²) in [7, 11) is 0. The summed E-state index contributed by atoms with van der Waals surface area (Å²) in [5.41, 5.74) is 1.27. The van der Waals surface area contributed by atoms with E-state index in [1.54, 1.807) is 4.57 Å². The number of aromatic nitrogens is 1. The van der Waals surface area contributed by atoms with Gasteiger partial charge in [0.15, 0.2) is 5.75 Å². The molecule has 6 nitrogen and oxygen atoms in total. The summed E-state index contributed by atoms with van der Waals surface area (Å²) in [6, 6.07) is 9.05. The summed E-state index contributed by atoms with van der Waals surface area (Å²) in [4.78, 5) is 13.8. The third-order valence-corrected chi connectivity index (χ3v) is 4.33. The maximum atomic E-state index is 11.4. The van der Waals surface area contributed by atoms with Crippen molar-refractivity contribution in [1.29, 1.82) is 0 Å². The molecule has 134 valence electrons. The zero-order valence-corrected chi connectivity index (χ0v) is 14.5. The van der Waals surface area contributed by atoms with Gasteiger partial charge in [-0.05, 0) is 37.6 Å². The van der Waals surface area contributed by atoms with Gasteiger partial charge in [0.25, 0.3) is 0 Å². The van der Waals surface area contributed by atoms with Gasteiger partial charge in [-0.1, -0.05) is 0 Å². The van der Waals surface area contributed by atoms with Crippen molar-refractivity contribution in [3.63, 3.8) is 0 Å². The Balaban J connectivity index is 1.53. The van der Waals surface area contributed by atoms with Gasteiger partial charge < -0.3 is 19.1 Å². The first-order valence-corrected chi connectivity index (χ1v) is 8.59. The molecule has 0 bridgehead atoms. The van der Waals surface area contributed by atoms with E-state index in [0.29, 0.717) is 6.61 Å². The summed E-state index contributed by atoms with van der Waals surface area (Å²) in [6.45, 7) is 7.17. The van der Waals surface area contributed by atoms with E-state index in [-0.39, 0.29) is 11.2 Å². The predicted octanol–water partition coefficient (Wildman–Crippen LogP) is 1.95. The topological polar surface area (TPSA) is 63.9 Å². The molecule has 0 saturated carbocycles. The minimum absolute atomic E-state index is 0.256. The zero-order valence-electron chi connectivity index (χ0n) is 14.5. The van der Waals surface area contributed by atoms with E-state index in [1.165, 1.54) is 12.3 Å². The van der Waals surface area contributed by atoms with Crippen molar-refractivity contribution in [3.05, 3.63) is 52.4 Å². The molecule has 1 aliphatic heterocycles. The molecule has 0 atom stereocenters. The highest BCUT2D eigenvalue weighted by atomic mass is 16.5. The zero-order chi connectivity index (χ0) is 17.6. The summed E-state index contributed by atoms with van der Waals surface area (Å²) in [5.74, 6) is 0.558. The Hall–Kier alpha value is -2.31. The van der Waals surface area contributed by atoms with Crippen LogP contribution in [0, 0.1) is 6.92 Å². The largest absolute Gasteiger partial charge is 0.503 e. The first-order valence-electron chi connectivity index (χ1n) is 8.59. The molecule has 3 rings (SSSR count). The van der Waals surface area contributed by atoms with Gasteiger partial charge in [-0.25, -0.2) is 0 Å². The molecule has 1 saturated heterocycles. The van der Waals surface area contributed by atoms with Crippen LogP contribution in [-0.2, 0) is 4.74 Å². The molecule has 0 aliphatic carbocycles. The Morgan fingerprint density at radius 1 is 1.20 bits per heavy atom. The highest BCUT2D eigenvalue weighted by molar-refractivity contribution is 5.40. The Morgan fingerprint density at radius 3 is 2.64 bits per heavy atom. The van der Waals surface area contributed by atoms with Crippen molar-refractivity contribution >= 4 is 0 Å². The van der Waals surface area contributed by atoms with Gasteiger partial charge in [-0.15, -0.1) is 0 Å². The molecule has 2 aromatic rings. The van der Waals surface area contributed by atoms with E-state index in [9.17, 15) is 9.90 Å².